The molecule has 32 heavy (non-hydrogen) atoms. The average Bonchev–Trinajstić information content (AvgIpc) is 3.51. The van der Waals surface area contributed by atoms with Crippen LogP contribution in [0.2, 0.25) is 0 Å². The molecule has 0 spiro atoms. The normalized spacial score (nSPS) is 12.0. The molecule has 4 rings (SSSR count). The van der Waals surface area contributed by atoms with Gasteiger partial charge in [-0.3, -0.25) is 14.3 Å². The number of carbonyl (C=O) groups excluding carboxylic acids is 1. The minimum Gasteiger partial charge on any atom is -0.467 e. The Balaban J connectivity index is 1.42. The van der Waals surface area contributed by atoms with E-state index in [2.05, 4.69) is 20.8 Å². The van der Waals surface area contributed by atoms with Crippen LogP contribution in [0.4, 0.5) is 10.8 Å². The fraction of sp³-hybridized carbons (Fsp3) is 0.238. The van der Waals surface area contributed by atoms with E-state index in [1.54, 1.807) is 31.8 Å². The predicted molar refractivity (Wildman–Crippen MR) is 126 cm³/mol. The van der Waals surface area contributed by atoms with Crippen molar-refractivity contribution in [3.63, 3.8) is 0 Å². The molecule has 0 aliphatic rings. The lowest BCUT2D eigenvalue weighted by atomic mass is 10.3. The molecule has 1 unspecified atom stereocenters. The molecule has 1 aromatic carbocycles. The molecule has 0 saturated heterocycles. The zero-order chi connectivity index (χ0) is 22.7. The number of nitrogens with zero attached hydrogens (tertiary/aromatic N) is 4. The molecule has 3 heterocycles. The third-order valence-corrected chi connectivity index (χ3v) is 6.91. The van der Waals surface area contributed by atoms with Gasteiger partial charge in [-0.25, -0.2) is 4.68 Å². The van der Waals surface area contributed by atoms with E-state index >= 15 is 0 Å². The maximum atomic E-state index is 13.0. The van der Waals surface area contributed by atoms with Crippen molar-refractivity contribution in [3.05, 3.63) is 70.5 Å². The highest BCUT2D eigenvalue weighted by atomic mass is 32.2. The summed E-state index contributed by atoms with van der Waals surface area (Å²) in [5, 5.41) is 14.3. The van der Waals surface area contributed by atoms with Crippen LogP contribution in [-0.4, -0.2) is 30.7 Å². The summed E-state index contributed by atoms with van der Waals surface area (Å²) in [5.41, 5.74) is 1.40. The number of hydrogen-bond acceptors (Lipinski definition) is 8. The Bertz CT molecular complexity index is 1260. The van der Waals surface area contributed by atoms with Crippen LogP contribution in [0.15, 0.2) is 62.3 Å². The fourth-order valence-corrected chi connectivity index (χ4v) is 4.94. The molecule has 9 nitrogen and oxygen atoms in total. The zero-order valence-electron chi connectivity index (χ0n) is 17.7. The molecule has 0 fully saturated rings. The number of amides is 1. The summed E-state index contributed by atoms with van der Waals surface area (Å²) in [6.45, 7) is 4.07. The summed E-state index contributed by atoms with van der Waals surface area (Å²) in [4.78, 5) is 25.8. The third kappa shape index (κ3) is 4.63. The van der Waals surface area contributed by atoms with E-state index in [1.165, 1.54) is 27.8 Å². The largest absolute Gasteiger partial charge is 0.467 e. The van der Waals surface area contributed by atoms with Crippen LogP contribution in [-0.2, 0) is 18.4 Å². The fourth-order valence-electron chi connectivity index (χ4n) is 3.05. The molecule has 1 atom stereocenters. The van der Waals surface area contributed by atoms with Gasteiger partial charge in [0.2, 0.25) is 11.0 Å². The Morgan fingerprint density at radius 1 is 1.22 bits per heavy atom. The number of rotatable bonds is 8. The highest BCUT2D eigenvalue weighted by Gasteiger charge is 2.22. The van der Waals surface area contributed by atoms with E-state index in [4.69, 9.17) is 4.42 Å². The number of furan rings is 1. The first kappa shape index (κ1) is 21.9. The highest BCUT2D eigenvalue weighted by molar-refractivity contribution is 8.02. The van der Waals surface area contributed by atoms with Crippen molar-refractivity contribution in [2.45, 2.75) is 30.0 Å². The number of carbonyl (C=O) groups is 1. The van der Waals surface area contributed by atoms with Crippen LogP contribution in [0, 0.1) is 6.92 Å². The quantitative estimate of drug-likeness (QED) is 0.379. The zero-order valence-corrected chi connectivity index (χ0v) is 19.4. The van der Waals surface area contributed by atoms with E-state index < -0.39 is 5.25 Å². The Hall–Kier alpha value is -3.31. The lowest BCUT2D eigenvalue weighted by Gasteiger charge is -2.09. The van der Waals surface area contributed by atoms with Crippen molar-refractivity contribution < 1.29 is 9.21 Å². The first-order valence-electron chi connectivity index (χ1n) is 9.85. The number of thioether (sulfide) groups is 1. The molecule has 2 N–H and O–H groups in total. The van der Waals surface area contributed by atoms with Crippen molar-refractivity contribution in [1.82, 2.24) is 19.6 Å². The molecule has 0 radical (unpaired) electrons. The second-order valence-corrected chi connectivity index (χ2v) is 9.56. The van der Waals surface area contributed by atoms with Crippen LogP contribution in [0.3, 0.4) is 0 Å². The number of nitrogens with one attached hydrogen (secondary N) is 2. The number of benzene rings is 1. The lowest BCUT2D eigenvalue weighted by Crippen LogP contribution is -2.27. The van der Waals surface area contributed by atoms with Gasteiger partial charge in [-0.15, -0.1) is 10.2 Å². The molecular formula is C21H22N6O3S2. The van der Waals surface area contributed by atoms with E-state index in [9.17, 15) is 9.59 Å². The maximum Gasteiger partial charge on any atom is 0.295 e. The Morgan fingerprint density at radius 3 is 2.72 bits per heavy atom. The molecule has 0 bridgehead atoms. The second-order valence-electron chi connectivity index (χ2n) is 6.99. The van der Waals surface area contributed by atoms with E-state index in [1.807, 2.05) is 42.5 Å². The number of aromatic nitrogens is 4. The standard InChI is InChI=1S/C21H22N6O3S2/c1-13-17(19(29)27(26(13)3)15-8-5-4-6-9-15)23-18(28)14(2)31-21-25-24-20(32-21)22-12-16-10-7-11-30-16/h4-11,14H,12H2,1-3H3,(H,22,24)(H,23,28). The van der Waals surface area contributed by atoms with E-state index in [0.29, 0.717) is 21.7 Å². The Morgan fingerprint density at radius 2 is 2.00 bits per heavy atom. The Kier molecular flexibility index (Phi) is 6.47. The summed E-state index contributed by atoms with van der Waals surface area (Å²) in [6, 6.07) is 13.0. The molecule has 1 amide bonds. The van der Waals surface area contributed by atoms with Crippen molar-refractivity contribution in [1.29, 1.82) is 0 Å². The minimum absolute atomic E-state index is 0.270. The van der Waals surface area contributed by atoms with Crippen molar-refractivity contribution >= 4 is 39.8 Å². The number of para-hydroxylation sites is 1. The summed E-state index contributed by atoms with van der Waals surface area (Å²) in [7, 11) is 1.79. The first-order valence-corrected chi connectivity index (χ1v) is 11.5. The molecule has 0 saturated carbocycles. The number of hydrogen-bond donors (Lipinski definition) is 2. The summed E-state index contributed by atoms with van der Waals surface area (Å²) in [5.74, 6) is 0.517. The van der Waals surface area contributed by atoms with Gasteiger partial charge < -0.3 is 15.1 Å². The van der Waals surface area contributed by atoms with Gasteiger partial charge in [-0.05, 0) is 38.1 Å². The van der Waals surface area contributed by atoms with Gasteiger partial charge in [0.15, 0.2) is 4.34 Å². The van der Waals surface area contributed by atoms with Gasteiger partial charge >= 0.3 is 0 Å². The van der Waals surface area contributed by atoms with Gasteiger partial charge in [0.25, 0.3) is 5.56 Å². The van der Waals surface area contributed by atoms with Crippen LogP contribution in [0.5, 0.6) is 0 Å². The molecule has 0 aliphatic carbocycles. The topological polar surface area (TPSA) is 107 Å². The third-order valence-electron chi connectivity index (χ3n) is 4.85. The van der Waals surface area contributed by atoms with Crippen LogP contribution in [0.25, 0.3) is 5.69 Å². The average molecular weight is 471 g/mol. The summed E-state index contributed by atoms with van der Waals surface area (Å²) >= 11 is 2.64. The van der Waals surface area contributed by atoms with Crippen molar-refractivity contribution in [3.8, 4) is 5.69 Å². The second kappa shape index (κ2) is 9.45. The molecule has 3 aromatic heterocycles. The lowest BCUT2D eigenvalue weighted by molar-refractivity contribution is -0.115. The minimum atomic E-state index is -0.468. The molecule has 166 valence electrons. The van der Waals surface area contributed by atoms with Gasteiger partial charge in [0, 0.05) is 7.05 Å². The van der Waals surface area contributed by atoms with Crippen molar-refractivity contribution in [2.75, 3.05) is 10.6 Å². The highest BCUT2D eigenvalue weighted by Crippen LogP contribution is 2.29. The van der Waals surface area contributed by atoms with Gasteiger partial charge in [-0.1, -0.05) is 41.3 Å². The monoisotopic (exact) mass is 470 g/mol. The van der Waals surface area contributed by atoms with Gasteiger partial charge in [0.05, 0.1) is 29.4 Å². The van der Waals surface area contributed by atoms with Crippen LogP contribution in [0.1, 0.15) is 18.4 Å². The van der Waals surface area contributed by atoms with E-state index in [-0.39, 0.29) is 17.2 Å². The smallest absolute Gasteiger partial charge is 0.295 e. The number of anilines is 2. The van der Waals surface area contributed by atoms with Gasteiger partial charge in [-0.2, -0.15) is 0 Å². The Labute approximate surface area is 192 Å². The summed E-state index contributed by atoms with van der Waals surface area (Å²) in [6.07, 6.45) is 1.61. The first-order chi connectivity index (χ1) is 15.4. The van der Waals surface area contributed by atoms with Crippen LogP contribution < -0.4 is 16.2 Å². The molecule has 11 heteroatoms. The molecular weight excluding hydrogens is 448 g/mol. The van der Waals surface area contributed by atoms with Gasteiger partial charge in [0.1, 0.15) is 11.4 Å². The summed E-state index contributed by atoms with van der Waals surface area (Å²) < 4.78 is 9.19. The SMILES string of the molecule is Cc1c(NC(=O)C(C)Sc2nnc(NCc3ccco3)s2)c(=O)n(-c2ccccc2)n1C. The van der Waals surface area contributed by atoms with Crippen molar-refractivity contribution in [2.24, 2.45) is 7.05 Å². The predicted octanol–water partition coefficient (Wildman–Crippen LogP) is 3.66. The maximum absolute atomic E-state index is 13.0. The molecule has 4 aromatic rings. The van der Waals surface area contributed by atoms with E-state index in [0.717, 1.165) is 11.4 Å². The van der Waals surface area contributed by atoms with Crippen LogP contribution >= 0.6 is 23.1 Å². The molecule has 0 aliphatic heterocycles.